The first-order valence-electron chi connectivity index (χ1n) is 9.29. The molecule has 5 N–H and O–H groups in total. The van der Waals surface area contributed by atoms with E-state index in [1.807, 2.05) is 0 Å². The van der Waals surface area contributed by atoms with Gasteiger partial charge in [0.1, 0.15) is 12.4 Å². The Hall–Kier alpha value is -1.51. The summed E-state index contributed by atoms with van der Waals surface area (Å²) >= 11 is 0. The lowest BCUT2D eigenvalue weighted by Crippen LogP contribution is -2.52. The van der Waals surface area contributed by atoms with Gasteiger partial charge in [-0.05, 0) is 48.9 Å². The van der Waals surface area contributed by atoms with E-state index in [-0.39, 0.29) is 30.4 Å². The van der Waals surface area contributed by atoms with Crippen molar-refractivity contribution >= 4 is 5.91 Å². The number of hydrogen-bond acceptors (Lipinski definition) is 6. The molecule has 2 heterocycles. The van der Waals surface area contributed by atoms with Gasteiger partial charge in [0.05, 0.1) is 12.1 Å². The molecule has 7 nitrogen and oxygen atoms in total. The molecule has 2 saturated heterocycles. The van der Waals surface area contributed by atoms with Crippen LogP contribution < -0.4 is 26.7 Å². The van der Waals surface area contributed by atoms with Crippen LogP contribution in [0.15, 0.2) is 18.2 Å². The van der Waals surface area contributed by atoms with Crippen LogP contribution >= 0.6 is 0 Å². The third kappa shape index (κ3) is 3.56. The third-order valence-electron chi connectivity index (χ3n) is 5.35. The van der Waals surface area contributed by atoms with Gasteiger partial charge < -0.3 is 10.6 Å². The van der Waals surface area contributed by atoms with Crippen molar-refractivity contribution in [2.45, 2.75) is 57.1 Å². The van der Waals surface area contributed by atoms with Gasteiger partial charge in [0.15, 0.2) is 0 Å². The van der Waals surface area contributed by atoms with E-state index in [0.717, 1.165) is 32.2 Å². The molecule has 3 unspecified atom stereocenters. The van der Waals surface area contributed by atoms with Gasteiger partial charge in [-0.1, -0.05) is 25.1 Å². The van der Waals surface area contributed by atoms with E-state index in [2.05, 4.69) is 51.9 Å². The predicted molar refractivity (Wildman–Crippen MR) is 94.2 cm³/mol. The number of aryl methyl sites for hydroxylation is 1. The molecule has 136 valence electrons. The number of fused-ring (bicyclic) bond motifs is 1. The summed E-state index contributed by atoms with van der Waals surface area (Å²) in [6.45, 7) is 3.68. The van der Waals surface area contributed by atoms with Crippen LogP contribution in [0, 0.1) is 0 Å². The molecule has 4 rings (SSSR count). The smallest absolute Gasteiger partial charge is 0.237 e. The van der Waals surface area contributed by atoms with Crippen molar-refractivity contribution in [3.05, 3.63) is 34.9 Å². The number of benzene rings is 1. The molecule has 0 spiro atoms. The summed E-state index contributed by atoms with van der Waals surface area (Å²) < 4.78 is 0. The van der Waals surface area contributed by atoms with Crippen LogP contribution in [0.1, 0.15) is 55.1 Å². The van der Waals surface area contributed by atoms with Crippen molar-refractivity contribution in [3.8, 4) is 0 Å². The van der Waals surface area contributed by atoms with Crippen molar-refractivity contribution in [2.24, 2.45) is 0 Å². The van der Waals surface area contributed by atoms with Crippen LogP contribution in [0.4, 0.5) is 0 Å². The van der Waals surface area contributed by atoms with Crippen LogP contribution in [0.25, 0.3) is 0 Å². The predicted octanol–water partition coefficient (Wildman–Crippen LogP) is 0.558. The first kappa shape index (κ1) is 16.9. The fourth-order valence-corrected chi connectivity index (χ4v) is 3.86. The zero-order chi connectivity index (χ0) is 17.2. The van der Waals surface area contributed by atoms with Crippen LogP contribution in [0.5, 0.6) is 0 Å². The first-order valence-corrected chi connectivity index (χ1v) is 9.29. The summed E-state index contributed by atoms with van der Waals surface area (Å²) in [5.74, 6) is 0.113. The molecule has 2 aliphatic heterocycles. The molecule has 0 bridgehead atoms. The Morgan fingerprint density at radius 1 is 1.36 bits per heavy atom. The minimum absolute atomic E-state index is 0.0304. The SMILES string of the molecule is CCC1NC(c2ccc3c(c2)CC[C@H]3NC(=O)C2CCNCN2)NO1. The second-order valence-electron chi connectivity index (χ2n) is 7.01. The highest BCUT2D eigenvalue weighted by Crippen LogP contribution is 2.33. The molecule has 1 aromatic rings. The molecule has 25 heavy (non-hydrogen) atoms. The lowest BCUT2D eigenvalue weighted by atomic mass is 10.0. The van der Waals surface area contributed by atoms with Gasteiger partial charge in [-0.15, -0.1) is 0 Å². The van der Waals surface area contributed by atoms with Crippen molar-refractivity contribution in [3.63, 3.8) is 0 Å². The van der Waals surface area contributed by atoms with Gasteiger partial charge in [0.2, 0.25) is 5.91 Å². The first-order chi connectivity index (χ1) is 12.2. The maximum atomic E-state index is 12.5. The lowest BCUT2D eigenvalue weighted by molar-refractivity contribution is -0.124. The molecule has 1 aliphatic carbocycles. The van der Waals surface area contributed by atoms with E-state index in [0.29, 0.717) is 6.67 Å². The van der Waals surface area contributed by atoms with Gasteiger partial charge in [0.25, 0.3) is 0 Å². The molecule has 3 aliphatic rings. The van der Waals surface area contributed by atoms with Crippen molar-refractivity contribution < 1.29 is 9.63 Å². The van der Waals surface area contributed by atoms with E-state index < -0.39 is 0 Å². The number of carbonyl (C=O) groups excluding carboxylic acids is 1. The van der Waals surface area contributed by atoms with Gasteiger partial charge in [-0.25, -0.2) is 0 Å². The second-order valence-corrected chi connectivity index (χ2v) is 7.01. The largest absolute Gasteiger partial charge is 0.348 e. The minimum Gasteiger partial charge on any atom is -0.348 e. The van der Waals surface area contributed by atoms with Crippen molar-refractivity contribution in [1.82, 2.24) is 26.7 Å². The standard InChI is InChI=1S/C18H27N5O2/c1-2-16-22-17(23-25-16)12-3-5-13-11(9-12)4-6-14(13)21-18(24)15-7-8-19-10-20-15/h3,5,9,14-17,19-20,22-23H,2,4,6-8,10H2,1H3,(H,21,24)/t14-,15?,16?,17?/m1/s1. The molecule has 4 atom stereocenters. The topological polar surface area (TPSA) is 86.5 Å². The third-order valence-corrected chi connectivity index (χ3v) is 5.35. The molecule has 1 aromatic carbocycles. The highest BCUT2D eigenvalue weighted by atomic mass is 16.7. The molecule has 1 amide bonds. The molecule has 2 fully saturated rings. The second kappa shape index (κ2) is 7.39. The summed E-state index contributed by atoms with van der Waals surface area (Å²) in [6.07, 6.45) is 3.81. The quantitative estimate of drug-likeness (QED) is 0.548. The summed E-state index contributed by atoms with van der Waals surface area (Å²) in [5.41, 5.74) is 6.81. The normalized spacial score (nSPS) is 31.7. The van der Waals surface area contributed by atoms with Gasteiger partial charge in [0, 0.05) is 6.67 Å². The van der Waals surface area contributed by atoms with Crippen LogP contribution in [0.3, 0.4) is 0 Å². The Morgan fingerprint density at radius 2 is 2.28 bits per heavy atom. The summed E-state index contributed by atoms with van der Waals surface area (Å²) in [5, 5.41) is 13.1. The van der Waals surface area contributed by atoms with E-state index in [9.17, 15) is 4.79 Å². The summed E-state index contributed by atoms with van der Waals surface area (Å²) in [6, 6.07) is 6.55. The number of nitrogens with one attached hydrogen (secondary N) is 5. The average molecular weight is 345 g/mol. The molecular formula is C18H27N5O2. The van der Waals surface area contributed by atoms with Crippen LogP contribution in [-0.2, 0) is 16.1 Å². The van der Waals surface area contributed by atoms with E-state index in [1.54, 1.807) is 0 Å². The van der Waals surface area contributed by atoms with Gasteiger partial charge in [-0.2, -0.15) is 5.48 Å². The molecule has 0 saturated carbocycles. The average Bonchev–Trinajstić information content (AvgIpc) is 3.29. The van der Waals surface area contributed by atoms with E-state index >= 15 is 0 Å². The number of carbonyl (C=O) groups is 1. The molecule has 7 heteroatoms. The molecular weight excluding hydrogens is 318 g/mol. The minimum atomic E-state index is -0.0837. The van der Waals surface area contributed by atoms with Crippen LogP contribution in [0.2, 0.25) is 0 Å². The van der Waals surface area contributed by atoms with E-state index in [4.69, 9.17) is 4.84 Å². The van der Waals surface area contributed by atoms with Gasteiger partial charge in [-0.3, -0.25) is 20.3 Å². The number of rotatable bonds is 4. The molecule has 0 radical (unpaired) electrons. The van der Waals surface area contributed by atoms with Crippen molar-refractivity contribution in [2.75, 3.05) is 13.2 Å². The number of hydrogen-bond donors (Lipinski definition) is 5. The highest BCUT2D eigenvalue weighted by Gasteiger charge is 2.30. The summed E-state index contributed by atoms with van der Waals surface area (Å²) in [4.78, 5) is 18.0. The fraction of sp³-hybridized carbons (Fsp3) is 0.611. The lowest BCUT2D eigenvalue weighted by Gasteiger charge is -2.25. The zero-order valence-corrected chi connectivity index (χ0v) is 14.6. The van der Waals surface area contributed by atoms with Crippen molar-refractivity contribution in [1.29, 1.82) is 0 Å². The number of hydroxylamine groups is 1. The Kier molecular flexibility index (Phi) is 5.00. The Balaban J connectivity index is 1.41. The Morgan fingerprint density at radius 3 is 3.04 bits per heavy atom. The number of amides is 1. The van der Waals surface area contributed by atoms with E-state index in [1.165, 1.54) is 16.7 Å². The van der Waals surface area contributed by atoms with Gasteiger partial charge >= 0.3 is 0 Å². The monoisotopic (exact) mass is 345 g/mol. The Bertz CT molecular complexity index is 632. The maximum Gasteiger partial charge on any atom is 0.237 e. The summed E-state index contributed by atoms with van der Waals surface area (Å²) in [7, 11) is 0. The molecule has 0 aromatic heterocycles. The highest BCUT2D eigenvalue weighted by molar-refractivity contribution is 5.82. The fourth-order valence-electron chi connectivity index (χ4n) is 3.86. The van der Waals surface area contributed by atoms with Crippen LogP contribution in [-0.4, -0.2) is 31.4 Å². The Labute approximate surface area is 148 Å². The zero-order valence-electron chi connectivity index (χ0n) is 14.6. The maximum absolute atomic E-state index is 12.5.